The van der Waals surface area contributed by atoms with Gasteiger partial charge in [-0.25, -0.2) is 4.39 Å². The molecule has 1 aliphatic heterocycles. The second kappa shape index (κ2) is 8.24. The normalized spacial score (nSPS) is 14.0. The Kier molecular flexibility index (Phi) is 5.29. The Labute approximate surface area is 183 Å². The molecule has 1 aromatic carbocycles. The zero-order chi connectivity index (χ0) is 21.4. The van der Waals surface area contributed by atoms with Gasteiger partial charge in [-0.3, -0.25) is 19.2 Å². The Morgan fingerprint density at radius 3 is 2.87 bits per heavy atom. The van der Waals surface area contributed by atoms with Gasteiger partial charge in [0.15, 0.2) is 0 Å². The van der Waals surface area contributed by atoms with E-state index >= 15 is 0 Å². The van der Waals surface area contributed by atoms with Crippen LogP contribution in [0.2, 0.25) is 0 Å². The second-order valence-corrected chi connectivity index (χ2v) is 8.77. The molecule has 4 heterocycles. The van der Waals surface area contributed by atoms with Crippen LogP contribution in [-0.4, -0.2) is 27.5 Å². The Morgan fingerprint density at radius 2 is 2.10 bits per heavy atom. The number of hydrogen-bond acceptors (Lipinski definition) is 5. The molecule has 3 aromatic heterocycles. The Hall–Kier alpha value is -3.03. The van der Waals surface area contributed by atoms with E-state index in [9.17, 15) is 9.18 Å². The molecule has 0 bridgehead atoms. The van der Waals surface area contributed by atoms with Gasteiger partial charge in [0.25, 0.3) is 5.56 Å². The minimum atomic E-state index is -0.391. The maximum Gasteiger partial charge on any atom is 0.258 e. The fraction of sp³-hybridized carbons (Fsp3) is 0.250. The third-order valence-corrected chi connectivity index (χ3v) is 6.88. The maximum atomic E-state index is 13.0. The molecule has 5 nitrogen and oxygen atoms in total. The molecule has 0 unspecified atom stereocenters. The number of ether oxygens (including phenoxy) is 1. The number of thiophene rings is 1. The van der Waals surface area contributed by atoms with E-state index < -0.39 is 5.82 Å². The number of hydrogen-bond donors (Lipinski definition) is 0. The van der Waals surface area contributed by atoms with Crippen LogP contribution in [0.4, 0.5) is 4.39 Å². The van der Waals surface area contributed by atoms with Gasteiger partial charge in [-0.05, 0) is 54.2 Å². The minimum Gasteiger partial charge on any atom is -0.487 e. The van der Waals surface area contributed by atoms with Crippen LogP contribution in [-0.2, 0) is 19.6 Å². The van der Waals surface area contributed by atoms with Gasteiger partial charge in [0.2, 0.25) is 0 Å². The molecule has 0 atom stereocenters. The first kappa shape index (κ1) is 19.9. The summed E-state index contributed by atoms with van der Waals surface area (Å²) in [6.45, 7) is 5.55. The molecule has 31 heavy (non-hydrogen) atoms. The molecule has 0 N–H and O–H groups in total. The van der Waals surface area contributed by atoms with E-state index in [0.29, 0.717) is 11.4 Å². The van der Waals surface area contributed by atoms with Gasteiger partial charge < -0.3 is 4.74 Å². The van der Waals surface area contributed by atoms with Crippen LogP contribution in [0.15, 0.2) is 59.7 Å². The van der Waals surface area contributed by atoms with Gasteiger partial charge in [0.05, 0.1) is 17.6 Å². The molecule has 5 rings (SSSR count). The number of benzene rings is 1. The molecule has 158 valence electrons. The van der Waals surface area contributed by atoms with Crippen molar-refractivity contribution in [3.63, 3.8) is 0 Å². The average Bonchev–Trinajstić information content (AvgIpc) is 3.15. The van der Waals surface area contributed by atoms with Crippen LogP contribution >= 0.6 is 11.3 Å². The van der Waals surface area contributed by atoms with Crippen molar-refractivity contribution in [1.29, 1.82) is 0 Å². The summed E-state index contributed by atoms with van der Waals surface area (Å²) in [4.78, 5) is 20.6. The van der Waals surface area contributed by atoms with Crippen LogP contribution in [0.3, 0.4) is 0 Å². The molecular weight excluding hydrogens is 413 g/mol. The molecule has 7 heteroatoms. The zero-order valence-electron chi connectivity index (χ0n) is 17.2. The Morgan fingerprint density at radius 1 is 1.19 bits per heavy atom. The van der Waals surface area contributed by atoms with Crippen LogP contribution in [0.1, 0.15) is 23.1 Å². The van der Waals surface area contributed by atoms with E-state index in [1.807, 2.05) is 17.4 Å². The van der Waals surface area contributed by atoms with Crippen molar-refractivity contribution in [2.75, 3.05) is 13.1 Å². The first-order valence-electron chi connectivity index (χ1n) is 10.3. The Balaban J connectivity index is 1.38. The fourth-order valence-electron chi connectivity index (χ4n) is 3.98. The highest BCUT2D eigenvalue weighted by atomic mass is 32.1. The third kappa shape index (κ3) is 3.98. The van der Waals surface area contributed by atoms with Gasteiger partial charge in [0, 0.05) is 34.9 Å². The number of fused-ring (bicyclic) bond motifs is 3. The van der Waals surface area contributed by atoms with E-state index in [1.165, 1.54) is 32.7 Å². The molecule has 0 radical (unpaired) electrons. The Bertz CT molecular complexity index is 1300. The first-order chi connectivity index (χ1) is 15.1. The average molecular weight is 436 g/mol. The van der Waals surface area contributed by atoms with Crippen LogP contribution in [0, 0.1) is 5.82 Å². The SMILES string of the molecule is CCN1CCc2c(sc3cc(-n4ccc(OCc5ccc(F)cn5)cc4=O)ccc23)C1. The summed E-state index contributed by atoms with van der Waals surface area (Å²) in [7, 11) is 0. The molecule has 0 amide bonds. The number of pyridine rings is 2. The monoisotopic (exact) mass is 435 g/mol. The van der Waals surface area contributed by atoms with Gasteiger partial charge >= 0.3 is 0 Å². The number of halogens is 1. The summed E-state index contributed by atoms with van der Waals surface area (Å²) < 4.78 is 21.4. The standard InChI is InChI=1S/C24H22FN3O2S/c1-2-27-9-8-21-20-6-5-18(11-22(20)31-23(21)14-27)28-10-7-19(12-24(28)29)30-15-17-4-3-16(25)13-26-17/h3-7,10-13H,2,8-9,14-15H2,1H3. The highest BCUT2D eigenvalue weighted by Gasteiger charge is 2.20. The van der Waals surface area contributed by atoms with Crippen molar-refractivity contribution in [3.8, 4) is 11.4 Å². The molecule has 0 saturated heterocycles. The molecule has 4 aromatic rings. The highest BCUT2D eigenvalue weighted by Crippen LogP contribution is 2.36. The lowest BCUT2D eigenvalue weighted by Crippen LogP contribution is -2.29. The fourth-order valence-corrected chi connectivity index (χ4v) is 5.30. The topological polar surface area (TPSA) is 47.4 Å². The van der Waals surface area contributed by atoms with Crippen molar-refractivity contribution in [2.45, 2.75) is 26.5 Å². The highest BCUT2D eigenvalue weighted by molar-refractivity contribution is 7.19. The van der Waals surface area contributed by atoms with Gasteiger partial charge in [-0.15, -0.1) is 11.3 Å². The van der Waals surface area contributed by atoms with Crippen molar-refractivity contribution in [3.05, 3.63) is 87.2 Å². The van der Waals surface area contributed by atoms with Crippen LogP contribution in [0.5, 0.6) is 5.75 Å². The molecule has 0 fully saturated rings. The minimum absolute atomic E-state index is 0.164. The molecule has 0 saturated carbocycles. The number of rotatable bonds is 5. The van der Waals surface area contributed by atoms with Crippen molar-refractivity contribution < 1.29 is 9.13 Å². The van der Waals surface area contributed by atoms with Gasteiger partial charge in [-0.1, -0.05) is 13.0 Å². The zero-order valence-corrected chi connectivity index (χ0v) is 18.0. The summed E-state index contributed by atoms with van der Waals surface area (Å²) in [6, 6.07) is 12.4. The van der Waals surface area contributed by atoms with Crippen LogP contribution in [0.25, 0.3) is 15.8 Å². The van der Waals surface area contributed by atoms with Crippen LogP contribution < -0.4 is 10.3 Å². The number of likely N-dealkylation sites (N-methyl/N-ethyl adjacent to an activating group) is 1. The van der Waals surface area contributed by atoms with Crippen molar-refractivity contribution in [2.24, 2.45) is 0 Å². The predicted octanol–water partition coefficient (Wildman–Crippen LogP) is 4.54. The second-order valence-electron chi connectivity index (χ2n) is 7.63. The first-order valence-corrected chi connectivity index (χ1v) is 11.2. The molecule has 0 aliphatic carbocycles. The van der Waals surface area contributed by atoms with E-state index in [2.05, 4.69) is 28.9 Å². The van der Waals surface area contributed by atoms with E-state index in [1.54, 1.807) is 22.9 Å². The summed E-state index contributed by atoms with van der Waals surface area (Å²) in [5.74, 6) is 0.0669. The molecule has 0 spiro atoms. The van der Waals surface area contributed by atoms with E-state index in [-0.39, 0.29) is 12.2 Å². The maximum absolute atomic E-state index is 13.0. The van der Waals surface area contributed by atoms with Crippen molar-refractivity contribution >= 4 is 21.4 Å². The largest absolute Gasteiger partial charge is 0.487 e. The van der Waals surface area contributed by atoms with Gasteiger partial charge in [0.1, 0.15) is 18.2 Å². The van der Waals surface area contributed by atoms with Gasteiger partial charge in [-0.2, -0.15) is 0 Å². The summed E-state index contributed by atoms with van der Waals surface area (Å²) in [5, 5.41) is 1.30. The number of nitrogens with zero attached hydrogens (tertiary/aromatic N) is 3. The lowest BCUT2D eigenvalue weighted by atomic mass is 10.0. The summed E-state index contributed by atoms with van der Waals surface area (Å²) >= 11 is 1.83. The van der Waals surface area contributed by atoms with E-state index in [4.69, 9.17) is 4.74 Å². The summed E-state index contributed by atoms with van der Waals surface area (Å²) in [6.07, 6.45) is 3.95. The van der Waals surface area contributed by atoms with E-state index in [0.717, 1.165) is 37.9 Å². The number of aromatic nitrogens is 2. The summed E-state index contributed by atoms with van der Waals surface area (Å²) in [5.41, 5.74) is 2.73. The lowest BCUT2D eigenvalue weighted by Gasteiger charge is -2.25. The molecule has 1 aliphatic rings. The predicted molar refractivity (Wildman–Crippen MR) is 121 cm³/mol. The lowest BCUT2D eigenvalue weighted by molar-refractivity contribution is 0.272. The van der Waals surface area contributed by atoms with Crippen molar-refractivity contribution in [1.82, 2.24) is 14.5 Å². The smallest absolute Gasteiger partial charge is 0.258 e. The molecular formula is C24H22FN3O2S. The third-order valence-electron chi connectivity index (χ3n) is 5.70. The quantitative estimate of drug-likeness (QED) is 0.462.